The van der Waals surface area contributed by atoms with Crippen LogP contribution in [-0.2, 0) is 9.59 Å². The molecule has 3 aromatic rings. The monoisotopic (exact) mass is 381 g/mol. The molecule has 0 unspecified atom stereocenters. The quantitative estimate of drug-likeness (QED) is 0.661. The van der Waals surface area contributed by atoms with E-state index in [0.717, 1.165) is 5.82 Å². The fraction of sp³-hybridized carbons (Fsp3) is 0.333. The number of piperidine rings is 1. The van der Waals surface area contributed by atoms with Crippen LogP contribution in [-0.4, -0.2) is 55.3 Å². The highest BCUT2D eigenvalue weighted by molar-refractivity contribution is 5.86. The van der Waals surface area contributed by atoms with Crippen LogP contribution in [0.1, 0.15) is 24.4 Å². The zero-order chi connectivity index (χ0) is 19.5. The molecule has 4 rings (SSSR count). The second kappa shape index (κ2) is 7.59. The average Bonchev–Trinajstić information content (AvgIpc) is 3.20. The second-order valence-corrected chi connectivity index (χ2v) is 6.67. The van der Waals surface area contributed by atoms with Gasteiger partial charge in [-0.15, -0.1) is 14.8 Å². The van der Waals surface area contributed by atoms with Crippen LogP contribution in [0, 0.1) is 5.92 Å². The van der Waals surface area contributed by atoms with E-state index < -0.39 is 12.0 Å². The lowest BCUT2D eigenvalue weighted by atomic mass is 9.95. The van der Waals surface area contributed by atoms with Gasteiger partial charge in [0, 0.05) is 19.0 Å². The third kappa shape index (κ3) is 3.61. The molecule has 1 atom stereocenters. The van der Waals surface area contributed by atoms with E-state index >= 15 is 0 Å². The Kier molecular flexibility index (Phi) is 4.83. The van der Waals surface area contributed by atoms with E-state index in [9.17, 15) is 14.7 Å². The summed E-state index contributed by atoms with van der Waals surface area (Å²) in [6.07, 6.45) is 1.23. The molecule has 0 spiro atoms. The first kappa shape index (κ1) is 17.8. The number of nitrogens with zero attached hydrogens (tertiary/aromatic N) is 6. The molecular weight excluding hydrogens is 362 g/mol. The number of benzene rings is 1. The molecule has 0 aliphatic carbocycles. The Bertz CT molecular complexity index is 983. The third-order valence-electron chi connectivity index (χ3n) is 4.91. The summed E-state index contributed by atoms with van der Waals surface area (Å²) in [6.45, 7) is 1.28. The first-order valence-electron chi connectivity index (χ1n) is 9.00. The van der Waals surface area contributed by atoms with Crippen molar-refractivity contribution in [2.45, 2.75) is 18.9 Å². The molecule has 28 heavy (non-hydrogen) atoms. The smallest absolute Gasteiger partial charge is 0.330 e. The molecule has 1 fully saturated rings. The van der Waals surface area contributed by atoms with E-state index in [4.69, 9.17) is 0 Å². The van der Waals surface area contributed by atoms with Crippen LogP contribution in [0.5, 0.6) is 0 Å². The number of aromatic nitrogens is 5. The molecule has 1 aliphatic heterocycles. The first-order chi connectivity index (χ1) is 13.6. The van der Waals surface area contributed by atoms with Gasteiger partial charge in [-0.2, -0.15) is 0 Å². The van der Waals surface area contributed by atoms with Crippen molar-refractivity contribution in [3.63, 3.8) is 0 Å². The van der Waals surface area contributed by atoms with Crippen molar-refractivity contribution in [3.8, 4) is 0 Å². The van der Waals surface area contributed by atoms with Gasteiger partial charge < -0.3 is 15.3 Å². The van der Waals surface area contributed by atoms with E-state index in [2.05, 4.69) is 30.8 Å². The standard InChI is InChI=1S/C18H19N7O3/c26-17(19-16(18(27)28)12-4-2-1-3-5-12)13-8-10-24(11-9-13)15-7-6-14-20-22-23-25(14)21-15/h1-7,13,16H,8-11H2,(H,19,26)(H,27,28)/t16-/m0/s1. The molecule has 10 nitrogen and oxygen atoms in total. The topological polar surface area (TPSA) is 126 Å². The summed E-state index contributed by atoms with van der Waals surface area (Å²) < 4.78 is 1.37. The summed E-state index contributed by atoms with van der Waals surface area (Å²) in [5.74, 6) is -0.805. The Morgan fingerprint density at radius 2 is 1.86 bits per heavy atom. The van der Waals surface area contributed by atoms with Crippen LogP contribution in [0.2, 0.25) is 0 Å². The van der Waals surface area contributed by atoms with Crippen LogP contribution >= 0.6 is 0 Å². The van der Waals surface area contributed by atoms with E-state index in [1.807, 2.05) is 6.07 Å². The van der Waals surface area contributed by atoms with Gasteiger partial charge in [-0.25, -0.2) is 4.79 Å². The lowest BCUT2D eigenvalue weighted by molar-refractivity contribution is -0.142. The van der Waals surface area contributed by atoms with Gasteiger partial charge in [-0.3, -0.25) is 4.79 Å². The van der Waals surface area contributed by atoms with Crippen molar-refractivity contribution >= 4 is 23.3 Å². The molecular formula is C18H19N7O3. The second-order valence-electron chi connectivity index (χ2n) is 6.67. The lowest BCUT2D eigenvalue weighted by Gasteiger charge is -2.32. The maximum Gasteiger partial charge on any atom is 0.330 e. The van der Waals surface area contributed by atoms with Gasteiger partial charge in [0.1, 0.15) is 0 Å². The van der Waals surface area contributed by atoms with Crippen LogP contribution in [0.25, 0.3) is 5.65 Å². The molecule has 1 aromatic carbocycles. The minimum Gasteiger partial charge on any atom is -0.479 e. The highest BCUT2D eigenvalue weighted by Gasteiger charge is 2.29. The van der Waals surface area contributed by atoms with Gasteiger partial charge in [0.15, 0.2) is 17.5 Å². The number of hydrogen-bond acceptors (Lipinski definition) is 7. The summed E-state index contributed by atoms with van der Waals surface area (Å²) in [5, 5.41) is 27.7. The number of aliphatic carboxylic acids is 1. The van der Waals surface area contributed by atoms with Crippen molar-refractivity contribution in [2.24, 2.45) is 5.92 Å². The summed E-state index contributed by atoms with van der Waals surface area (Å²) in [5.41, 5.74) is 1.12. The molecule has 0 saturated carbocycles. The van der Waals surface area contributed by atoms with Crippen molar-refractivity contribution in [2.75, 3.05) is 18.0 Å². The SMILES string of the molecule is O=C(N[C@H](C(=O)O)c1ccccc1)C1CCN(c2ccc3nnnn3n2)CC1. The van der Waals surface area contributed by atoms with Crippen LogP contribution in [0.4, 0.5) is 5.82 Å². The van der Waals surface area contributed by atoms with Gasteiger partial charge in [0.25, 0.3) is 0 Å². The minimum absolute atomic E-state index is 0.236. The molecule has 2 N–H and O–H groups in total. The molecule has 10 heteroatoms. The number of carboxylic acids is 1. The molecule has 2 aromatic heterocycles. The molecule has 1 saturated heterocycles. The fourth-order valence-corrected chi connectivity index (χ4v) is 3.37. The van der Waals surface area contributed by atoms with Gasteiger partial charge in [-0.05, 0) is 41.0 Å². The minimum atomic E-state index is -1.07. The largest absolute Gasteiger partial charge is 0.479 e. The lowest BCUT2D eigenvalue weighted by Crippen LogP contribution is -2.43. The Morgan fingerprint density at radius 1 is 1.11 bits per heavy atom. The fourth-order valence-electron chi connectivity index (χ4n) is 3.37. The summed E-state index contributed by atoms with van der Waals surface area (Å²) in [6, 6.07) is 11.3. The van der Waals surface area contributed by atoms with Crippen LogP contribution in [0.15, 0.2) is 42.5 Å². The maximum atomic E-state index is 12.6. The number of fused-ring (bicyclic) bond motifs is 1. The first-order valence-corrected chi connectivity index (χ1v) is 9.00. The third-order valence-corrected chi connectivity index (χ3v) is 4.91. The van der Waals surface area contributed by atoms with E-state index in [1.165, 1.54) is 4.63 Å². The average molecular weight is 381 g/mol. The van der Waals surface area contributed by atoms with Crippen LogP contribution < -0.4 is 10.2 Å². The number of tetrazole rings is 1. The zero-order valence-corrected chi connectivity index (χ0v) is 15.0. The molecule has 3 heterocycles. The normalized spacial score (nSPS) is 16.1. The summed E-state index contributed by atoms with van der Waals surface area (Å²) >= 11 is 0. The number of rotatable bonds is 5. The van der Waals surface area contributed by atoms with Crippen molar-refractivity contribution in [1.82, 2.24) is 30.6 Å². The van der Waals surface area contributed by atoms with Crippen molar-refractivity contribution < 1.29 is 14.7 Å². The number of hydrogen-bond donors (Lipinski definition) is 2. The highest BCUT2D eigenvalue weighted by atomic mass is 16.4. The van der Waals surface area contributed by atoms with Crippen LogP contribution in [0.3, 0.4) is 0 Å². The number of amides is 1. The predicted molar refractivity (Wildman–Crippen MR) is 98.5 cm³/mol. The Morgan fingerprint density at radius 3 is 2.57 bits per heavy atom. The van der Waals surface area contributed by atoms with Crippen molar-refractivity contribution in [3.05, 3.63) is 48.0 Å². The van der Waals surface area contributed by atoms with Crippen molar-refractivity contribution in [1.29, 1.82) is 0 Å². The molecule has 144 valence electrons. The van der Waals surface area contributed by atoms with Gasteiger partial charge in [-0.1, -0.05) is 30.3 Å². The zero-order valence-electron chi connectivity index (χ0n) is 15.0. The number of anilines is 1. The maximum absolute atomic E-state index is 12.6. The predicted octanol–water partition coefficient (Wildman–Crippen LogP) is 0.678. The number of nitrogens with one attached hydrogen (secondary N) is 1. The number of carboxylic acid groups (broad SMARTS) is 1. The van der Waals surface area contributed by atoms with E-state index in [0.29, 0.717) is 37.1 Å². The van der Waals surface area contributed by atoms with Gasteiger partial charge >= 0.3 is 5.97 Å². The molecule has 1 aliphatic rings. The highest BCUT2D eigenvalue weighted by Crippen LogP contribution is 2.23. The Hall–Kier alpha value is -3.56. The number of carbonyl (C=O) groups is 2. The Balaban J connectivity index is 1.38. The molecule has 1 amide bonds. The molecule has 0 bridgehead atoms. The molecule has 0 radical (unpaired) electrons. The van der Waals surface area contributed by atoms with E-state index in [-0.39, 0.29) is 11.8 Å². The van der Waals surface area contributed by atoms with Gasteiger partial charge in [0.2, 0.25) is 5.91 Å². The van der Waals surface area contributed by atoms with Gasteiger partial charge in [0.05, 0.1) is 0 Å². The summed E-state index contributed by atoms with van der Waals surface area (Å²) in [7, 11) is 0. The number of carbonyl (C=O) groups excluding carboxylic acids is 1. The Labute approximate surface area is 160 Å². The summed E-state index contributed by atoms with van der Waals surface area (Å²) in [4.78, 5) is 26.3. The van der Waals surface area contributed by atoms with E-state index in [1.54, 1.807) is 36.4 Å².